The van der Waals surface area contributed by atoms with Crippen LogP contribution in [-0.2, 0) is 6.42 Å². The zero-order valence-corrected chi connectivity index (χ0v) is 15.8. The third-order valence-corrected chi connectivity index (χ3v) is 7.44. The van der Waals surface area contributed by atoms with Crippen LogP contribution in [0.5, 0.6) is 0 Å². The highest BCUT2D eigenvalue weighted by molar-refractivity contribution is 7.26. The lowest BCUT2D eigenvalue weighted by Gasteiger charge is -2.11. The minimum absolute atomic E-state index is 0.179. The van der Waals surface area contributed by atoms with E-state index in [9.17, 15) is 4.79 Å². The molecule has 0 spiro atoms. The summed E-state index contributed by atoms with van der Waals surface area (Å²) in [6.07, 6.45) is 0.902. The Kier molecular flexibility index (Phi) is 2.63. The zero-order chi connectivity index (χ0) is 18.4. The number of hydrogen-bond donors (Lipinski definition) is 0. The maximum atomic E-state index is 13.5. The molecule has 0 N–H and O–H groups in total. The molecule has 1 nitrogen and oxygen atoms in total. The molecule has 0 unspecified atom stereocenters. The molecule has 28 heavy (non-hydrogen) atoms. The molecule has 0 aliphatic heterocycles. The van der Waals surface area contributed by atoms with Crippen LogP contribution >= 0.6 is 11.3 Å². The van der Waals surface area contributed by atoms with Gasteiger partial charge in [-0.1, -0.05) is 66.7 Å². The predicted octanol–water partition coefficient (Wildman–Crippen LogP) is 6.84. The number of hydrogen-bond acceptors (Lipinski definition) is 2. The van der Waals surface area contributed by atoms with Gasteiger partial charge in [-0.2, -0.15) is 0 Å². The Labute approximate surface area is 165 Å². The van der Waals surface area contributed by atoms with Gasteiger partial charge in [0.05, 0.1) is 0 Å². The molecular formula is C26H14OS. The van der Waals surface area contributed by atoms with Gasteiger partial charge in [0.15, 0.2) is 5.78 Å². The standard InChI is InChI=1S/C26H14OS/c27-25-17-10-4-3-9-16(17)23-24(25)21-15-8-2-1-7-14(15)13-19(21)22-18-11-5-6-12-20(18)28-26(22)23/h1-12H,13H2. The molecule has 0 amide bonds. The minimum atomic E-state index is 0.179. The lowest BCUT2D eigenvalue weighted by molar-refractivity contribution is 0.104. The van der Waals surface area contributed by atoms with Gasteiger partial charge in [-0.25, -0.2) is 0 Å². The van der Waals surface area contributed by atoms with Crippen molar-refractivity contribution in [3.8, 4) is 22.3 Å². The fourth-order valence-electron chi connectivity index (χ4n) is 5.14. The van der Waals surface area contributed by atoms with E-state index in [0.29, 0.717) is 0 Å². The topological polar surface area (TPSA) is 17.1 Å². The van der Waals surface area contributed by atoms with Crippen molar-refractivity contribution in [2.75, 3.05) is 0 Å². The van der Waals surface area contributed by atoms with Crippen LogP contribution in [0.4, 0.5) is 0 Å². The van der Waals surface area contributed by atoms with Gasteiger partial charge in [0.1, 0.15) is 0 Å². The van der Waals surface area contributed by atoms with Gasteiger partial charge in [0, 0.05) is 36.9 Å². The van der Waals surface area contributed by atoms with Crippen LogP contribution in [0.3, 0.4) is 0 Å². The van der Waals surface area contributed by atoms with E-state index in [4.69, 9.17) is 0 Å². The summed E-state index contributed by atoms with van der Waals surface area (Å²) in [4.78, 5) is 13.5. The first-order chi connectivity index (χ1) is 13.8. The summed E-state index contributed by atoms with van der Waals surface area (Å²) in [5.74, 6) is 0.179. The summed E-state index contributed by atoms with van der Waals surface area (Å²) in [6, 6.07) is 25.3. The van der Waals surface area contributed by atoms with Gasteiger partial charge in [-0.3, -0.25) is 4.79 Å². The molecule has 0 saturated heterocycles. The molecule has 0 bridgehead atoms. The minimum Gasteiger partial charge on any atom is -0.289 e. The highest BCUT2D eigenvalue weighted by Gasteiger charge is 2.37. The van der Waals surface area contributed by atoms with Gasteiger partial charge in [-0.05, 0) is 40.3 Å². The van der Waals surface area contributed by atoms with Crippen LogP contribution in [0.2, 0.25) is 0 Å². The highest BCUT2D eigenvalue weighted by atomic mass is 32.1. The van der Waals surface area contributed by atoms with Crippen molar-refractivity contribution >= 4 is 37.3 Å². The molecule has 1 aromatic heterocycles. The Hall–Kier alpha value is -3.23. The monoisotopic (exact) mass is 374 g/mol. The molecule has 0 radical (unpaired) electrons. The van der Waals surface area contributed by atoms with Crippen molar-refractivity contribution in [1.29, 1.82) is 0 Å². The second-order valence-corrected chi connectivity index (χ2v) is 8.67. The Morgan fingerprint density at radius 1 is 0.679 bits per heavy atom. The molecule has 1 heterocycles. The van der Waals surface area contributed by atoms with E-state index in [0.717, 1.165) is 28.7 Å². The quantitative estimate of drug-likeness (QED) is 0.284. The number of carbonyl (C=O) groups excluding carboxylic acids is 1. The van der Waals surface area contributed by atoms with E-state index in [1.54, 1.807) is 0 Å². The average Bonchev–Trinajstić information content (AvgIpc) is 3.38. The number of ketones is 1. The lowest BCUT2D eigenvalue weighted by Crippen LogP contribution is -1.99. The largest absolute Gasteiger partial charge is 0.289 e. The van der Waals surface area contributed by atoms with Crippen molar-refractivity contribution in [1.82, 2.24) is 0 Å². The van der Waals surface area contributed by atoms with Gasteiger partial charge < -0.3 is 0 Å². The molecule has 7 rings (SSSR count). The van der Waals surface area contributed by atoms with Crippen molar-refractivity contribution in [3.05, 3.63) is 95.1 Å². The first-order valence-corrected chi connectivity index (χ1v) is 10.4. The molecule has 4 aromatic carbocycles. The van der Waals surface area contributed by atoms with E-state index in [-0.39, 0.29) is 5.78 Å². The van der Waals surface area contributed by atoms with E-state index < -0.39 is 0 Å². The second kappa shape index (κ2) is 4.98. The Morgan fingerprint density at radius 2 is 1.39 bits per heavy atom. The summed E-state index contributed by atoms with van der Waals surface area (Å²) in [5, 5.41) is 2.65. The van der Waals surface area contributed by atoms with Gasteiger partial charge in [-0.15, -0.1) is 11.3 Å². The molecule has 0 fully saturated rings. The van der Waals surface area contributed by atoms with Crippen LogP contribution < -0.4 is 0 Å². The number of rotatable bonds is 0. The first-order valence-electron chi connectivity index (χ1n) is 9.55. The maximum Gasteiger partial charge on any atom is 0.194 e. The van der Waals surface area contributed by atoms with Crippen LogP contribution in [0.25, 0.3) is 42.4 Å². The van der Waals surface area contributed by atoms with Crippen molar-refractivity contribution < 1.29 is 4.79 Å². The van der Waals surface area contributed by atoms with Gasteiger partial charge >= 0.3 is 0 Å². The normalized spacial score (nSPS) is 13.6. The Bertz CT molecular complexity index is 1500. The highest BCUT2D eigenvalue weighted by Crippen LogP contribution is 2.55. The Balaban J connectivity index is 1.78. The number of benzene rings is 4. The summed E-state index contributed by atoms with van der Waals surface area (Å²) in [6.45, 7) is 0. The molecule has 130 valence electrons. The van der Waals surface area contributed by atoms with Crippen LogP contribution in [-0.4, -0.2) is 5.78 Å². The third-order valence-electron chi connectivity index (χ3n) is 6.25. The number of fused-ring (bicyclic) bond motifs is 12. The molecule has 0 atom stereocenters. The van der Waals surface area contributed by atoms with E-state index in [1.165, 1.54) is 42.4 Å². The fourth-order valence-corrected chi connectivity index (χ4v) is 6.43. The van der Waals surface area contributed by atoms with Gasteiger partial charge in [0.25, 0.3) is 0 Å². The summed E-state index contributed by atoms with van der Waals surface area (Å²) in [7, 11) is 0. The fraction of sp³-hybridized carbons (Fsp3) is 0.0385. The lowest BCUT2D eigenvalue weighted by atomic mass is 9.91. The number of thiophene rings is 1. The van der Waals surface area contributed by atoms with Crippen molar-refractivity contribution in [2.45, 2.75) is 6.42 Å². The van der Waals surface area contributed by atoms with Crippen LogP contribution in [0.1, 0.15) is 27.0 Å². The maximum absolute atomic E-state index is 13.5. The molecule has 2 heteroatoms. The molecule has 0 saturated carbocycles. The van der Waals surface area contributed by atoms with Crippen molar-refractivity contribution in [3.63, 3.8) is 0 Å². The average molecular weight is 374 g/mol. The molecule has 5 aromatic rings. The summed E-state index contributed by atoms with van der Waals surface area (Å²) in [5.41, 5.74) is 9.04. The molecule has 2 aliphatic carbocycles. The summed E-state index contributed by atoms with van der Waals surface area (Å²) < 4.78 is 2.56. The smallest absolute Gasteiger partial charge is 0.194 e. The first kappa shape index (κ1) is 14.8. The van der Waals surface area contributed by atoms with E-state index >= 15 is 0 Å². The zero-order valence-electron chi connectivity index (χ0n) is 15.0. The Morgan fingerprint density at radius 3 is 2.29 bits per heavy atom. The van der Waals surface area contributed by atoms with Crippen LogP contribution in [0.15, 0.2) is 72.8 Å². The van der Waals surface area contributed by atoms with E-state index in [1.807, 2.05) is 29.5 Å². The number of carbonyl (C=O) groups is 1. The van der Waals surface area contributed by atoms with E-state index in [2.05, 4.69) is 54.6 Å². The second-order valence-electron chi connectivity index (χ2n) is 7.61. The van der Waals surface area contributed by atoms with Gasteiger partial charge in [0.2, 0.25) is 0 Å². The third kappa shape index (κ3) is 1.61. The summed E-state index contributed by atoms with van der Waals surface area (Å²) >= 11 is 1.83. The van der Waals surface area contributed by atoms with Crippen molar-refractivity contribution in [2.24, 2.45) is 0 Å². The molecule has 2 aliphatic rings. The SMILES string of the molecule is O=C1c2ccccc2-c2c1c1c(c3c2sc2ccccc23)Cc2ccccc2-1. The predicted molar refractivity (Wildman–Crippen MR) is 116 cm³/mol. The molecular weight excluding hydrogens is 360 g/mol. The van der Waals surface area contributed by atoms with Crippen LogP contribution in [0, 0.1) is 0 Å².